The molecule has 1 fully saturated rings. The molecule has 2 aromatic carbocycles. The van der Waals surface area contributed by atoms with Gasteiger partial charge in [-0.1, -0.05) is 18.2 Å². The van der Waals surface area contributed by atoms with Gasteiger partial charge in [-0.15, -0.1) is 0 Å². The lowest BCUT2D eigenvalue weighted by atomic mass is 9.89. The van der Waals surface area contributed by atoms with Crippen LogP contribution in [0.5, 0.6) is 5.75 Å². The van der Waals surface area contributed by atoms with E-state index in [1.54, 1.807) is 0 Å². The Hall–Kier alpha value is -2.66. The van der Waals surface area contributed by atoms with E-state index in [1.807, 2.05) is 18.3 Å². The van der Waals surface area contributed by atoms with Crippen molar-refractivity contribution in [3.05, 3.63) is 65.6 Å². The number of benzene rings is 2. The van der Waals surface area contributed by atoms with Gasteiger partial charge in [-0.25, -0.2) is 4.39 Å². The van der Waals surface area contributed by atoms with E-state index in [1.165, 1.54) is 36.3 Å². The number of Topliss-reactive ketones (excluding diaryl/α,β-unsaturated/α-hetero) is 1. The van der Waals surface area contributed by atoms with E-state index in [0.29, 0.717) is 17.9 Å². The molecule has 0 aliphatic carbocycles. The normalized spacial score (nSPS) is 17.9. The largest absolute Gasteiger partial charge is 0.496 e. The highest BCUT2D eigenvalue weighted by molar-refractivity contribution is 6.00. The van der Waals surface area contributed by atoms with Gasteiger partial charge in [0.05, 0.1) is 12.7 Å². The highest BCUT2D eigenvalue weighted by atomic mass is 19.1. The van der Waals surface area contributed by atoms with E-state index in [0.717, 1.165) is 31.4 Å². The summed E-state index contributed by atoms with van der Waals surface area (Å²) in [6.07, 6.45) is 3.82. The molecule has 1 aliphatic heterocycles. The molecule has 0 bridgehead atoms. The molecule has 0 unspecified atom stereocenters. The first-order valence-electron chi connectivity index (χ1n) is 9.31. The van der Waals surface area contributed by atoms with Gasteiger partial charge < -0.3 is 9.72 Å². The third kappa shape index (κ3) is 3.60. The van der Waals surface area contributed by atoms with Gasteiger partial charge in [0.25, 0.3) is 0 Å². The lowest BCUT2D eigenvalue weighted by Crippen LogP contribution is -2.38. The minimum Gasteiger partial charge on any atom is -0.496 e. The molecule has 5 heteroatoms. The first-order valence-corrected chi connectivity index (χ1v) is 9.31. The summed E-state index contributed by atoms with van der Waals surface area (Å²) in [7, 11) is 1.51. The van der Waals surface area contributed by atoms with Gasteiger partial charge >= 0.3 is 0 Å². The van der Waals surface area contributed by atoms with Crippen LogP contribution in [0.15, 0.2) is 48.7 Å². The van der Waals surface area contributed by atoms with Crippen molar-refractivity contribution < 1.29 is 13.9 Å². The Labute approximate surface area is 157 Å². The zero-order valence-electron chi connectivity index (χ0n) is 15.4. The fourth-order valence-electron chi connectivity index (χ4n) is 4.01. The molecule has 2 heterocycles. The van der Waals surface area contributed by atoms with Crippen LogP contribution in [0.25, 0.3) is 10.9 Å². The van der Waals surface area contributed by atoms with E-state index in [9.17, 15) is 9.18 Å². The number of piperidine rings is 1. The number of para-hydroxylation sites is 1. The minimum atomic E-state index is -0.411. The number of fused-ring (bicyclic) bond motifs is 1. The number of carbonyl (C=O) groups is 1. The topological polar surface area (TPSA) is 45.3 Å². The van der Waals surface area contributed by atoms with E-state index in [2.05, 4.69) is 22.0 Å². The summed E-state index contributed by atoms with van der Waals surface area (Å²) in [5.74, 6) is -0.143. The second-order valence-corrected chi connectivity index (χ2v) is 7.14. The molecule has 1 N–H and O–H groups in total. The fraction of sp³-hybridized carbons (Fsp3) is 0.318. The second-order valence-electron chi connectivity index (χ2n) is 7.14. The molecule has 1 atom stereocenters. The number of methoxy groups -OCH3 is 1. The van der Waals surface area contributed by atoms with E-state index >= 15 is 0 Å². The standard InChI is InChI=1S/C22H23FN2O2/c1-27-21-9-8-17(23)11-19(21)22(26)15-5-4-10-25(13-15)14-16-12-24-20-7-3-2-6-18(16)20/h2-3,6-9,11-12,15,24H,4-5,10,13-14H2,1H3/t15-/m0/s1. The van der Waals surface area contributed by atoms with Gasteiger partial charge in [0.15, 0.2) is 5.78 Å². The number of nitrogens with one attached hydrogen (secondary N) is 1. The Bertz CT molecular complexity index is 966. The summed E-state index contributed by atoms with van der Waals surface area (Å²) in [6.45, 7) is 2.44. The molecule has 1 aromatic heterocycles. The highest BCUT2D eigenvalue weighted by Gasteiger charge is 2.29. The third-order valence-electron chi connectivity index (χ3n) is 5.37. The average Bonchev–Trinajstić information content (AvgIpc) is 3.10. The van der Waals surface area contributed by atoms with Crippen LogP contribution in [-0.4, -0.2) is 35.9 Å². The summed E-state index contributed by atoms with van der Waals surface area (Å²) < 4.78 is 18.9. The summed E-state index contributed by atoms with van der Waals surface area (Å²) in [5.41, 5.74) is 2.71. The number of aromatic amines is 1. The van der Waals surface area contributed by atoms with Crippen molar-refractivity contribution in [3.63, 3.8) is 0 Å². The van der Waals surface area contributed by atoms with Crippen molar-refractivity contribution in [2.24, 2.45) is 5.92 Å². The van der Waals surface area contributed by atoms with Gasteiger partial charge in [0, 0.05) is 36.1 Å². The SMILES string of the molecule is COc1ccc(F)cc1C(=O)[C@H]1CCCN(Cc2c[nH]c3ccccc23)C1. The predicted octanol–water partition coefficient (Wildman–Crippen LogP) is 4.41. The Balaban J connectivity index is 1.51. The number of aromatic nitrogens is 1. The molecule has 4 nitrogen and oxygen atoms in total. The van der Waals surface area contributed by atoms with E-state index in [-0.39, 0.29) is 11.7 Å². The maximum absolute atomic E-state index is 13.7. The van der Waals surface area contributed by atoms with Crippen molar-refractivity contribution in [3.8, 4) is 5.75 Å². The van der Waals surface area contributed by atoms with Crippen LogP contribution >= 0.6 is 0 Å². The van der Waals surface area contributed by atoms with Gasteiger partial charge in [0.1, 0.15) is 11.6 Å². The van der Waals surface area contributed by atoms with Crippen LogP contribution in [0, 0.1) is 11.7 Å². The number of hydrogen-bond donors (Lipinski definition) is 1. The number of rotatable bonds is 5. The highest BCUT2D eigenvalue weighted by Crippen LogP contribution is 2.28. The lowest BCUT2D eigenvalue weighted by Gasteiger charge is -2.32. The summed E-state index contributed by atoms with van der Waals surface area (Å²) in [4.78, 5) is 18.6. The minimum absolute atomic E-state index is 0.0324. The maximum atomic E-state index is 13.7. The quantitative estimate of drug-likeness (QED) is 0.680. The third-order valence-corrected chi connectivity index (χ3v) is 5.37. The number of halogens is 1. The smallest absolute Gasteiger partial charge is 0.171 e. The Kier molecular flexibility index (Phi) is 4.94. The van der Waals surface area contributed by atoms with Crippen LogP contribution in [0.3, 0.4) is 0 Å². The molecule has 4 rings (SSSR count). The summed E-state index contributed by atoms with van der Waals surface area (Å²) in [5, 5.41) is 1.22. The number of ketones is 1. The van der Waals surface area contributed by atoms with Crippen LogP contribution < -0.4 is 4.74 Å². The van der Waals surface area contributed by atoms with Gasteiger partial charge in [-0.05, 0) is 49.2 Å². The van der Waals surface area contributed by atoms with E-state index in [4.69, 9.17) is 4.74 Å². The maximum Gasteiger partial charge on any atom is 0.171 e. The predicted molar refractivity (Wildman–Crippen MR) is 104 cm³/mol. The van der Waals surface area contributed by atoms with Crippen molar-refractivity contribution in [2.45, 2.75) is 19.4 Å². The van der Waals surface area contributed by atoms with Crippen molar-refractivity contribution in [1.82, 2.24) is 9.88 Å². The number of ether oxygens (including phenoxy) is 1. The Morgan fingerprint density at radius 3 is 3.00 bits per heavy atom. The average molecular weight is 366 g/mol. The molecule has 1 saturated heterocycles. The van der Waals surface area contributed by atoms with Crippen LogP contribution in [-0.2, 0) is 6.54 Å². The number of hydrogen-bond acceptors (Lipinski definition) is 3. The number of carbonyl (C=O) groups excluding carboxylic acids is 1. The first-order chi connectivity index (χ1) is 13.2. The molecular weight excluding hydrogens is 343 g/mol. The summed E-state index contributed by atoms with van der Waals surface area (Å²) >= 11 is 0. The van der Waals surface area contributed by atoms with Crippen LogP contribution in [0.1, 0.15) is 28.8 Å². The molecule has 0 spiro atoms. The Morgan fingerprint density at radius 1 is 1.30 bits per heavy atom. The number of likely N-dealkylation sites (tertiary alicyclic amines) is 1. The van der Waals surface area contributed by atoms with Crippen molar-refractivity contribution in [2.75, 3.05) is 20.2 Å². The number of H-pyrrole nitrogens is 1. The zero-order chi connectivity index (χ0) is 18.8. The summed E-state index contributed by atoms with van der Waals surface area (Å²) in [6, 6.07) is 12.4. The molecular formula is C22H23FN2O2. The second kappa shape index (κ2) is 7.53. The fourth-order valence-corrected chi connectivity index (χ4v) is 4.01. The molecule has 0 radical (unpaired) electrons. The Morgan fingerprint density at radius 2 is 2.15 bits per heavy atom. The van der Waals surface area contributed by atoms with E-state index < -0.39 is 5.82 Å². The molecule has 1 aliphatic rings. The molecule has 3 aromatic rings. The van der Waals surface area contributed by atoms with Gasteiger partial charge in [-0.2, -0.15) is 0 Å². The van der Waals surface area contributed by atoms with Crippen molar-refractivity contribution >= 4 is 16.7 Å². The van der Waals surface area contributed by atoms with Gasteiger partial charge in [-0.3, -0.25) is 9.69 Å². The van der Waals surface area contributed by atoms with Crippen LogP contribution in [0.2, 0.25) is 0 Å². The molecule has 140 valence electrons. The lowest BCUT2D eigenvalue weighted by molar-refractivity contribution is 0.0808. The molecule has 27 heavy (non-hydrogen) atoms. The van der Waals surface area contributed by atoms with Gasteiger partial charge in [0.2, 0.25) is 0 Å². The van der Waals surface area contributed by atoms with Crippen LogP contribution in [0.4, 0.5) is 4.39 Å². The monoisotopic (exact) mass is 366 g/mol. The molecule has 0 amide bonds. The first kappa shape index (κ1) is 17.7. The number of nitrogens with zero attached hydrogens (tertiary/aromatic N) is 1. The molecule has 0 saturated carbocycles. The zero-order valence-corrected chi connectivity index (χ0v) is 15.4. The van der Waals surface area contributed by atoms with Crippen molar-refractivity contribution in [1.29, 1.82) is 0 Å².